The van der Waals surface area contributed by atoms with E-state index >= 15 is 0 Å². The molecule has 0 amide bonds. The smallest absolute Gasteiger partial charge is 0.193 e. The Balaban J connectivity index is 1.44. The molecule has 3 rings (SSSR count). The fourth-order valence-electron chi connectivity index (χ4n) is 4.87. The van der Waals surface area contributed by atoms with E-state index in [1.54, 1.807) is 0 Å². The first kappa shape index (κ1) is 18.0. The summed E-state index contributed by atoms with van der Waals surface area (Å²) in [6, 6.07) is 0.573. The SMILES string of the molecule is CCN1CCN(C(C)CNC(=NC)N2CCC3(CCCC3)C2)CC1. The Morgan fingerprint density at radius 1 is 1.08 bits per heavy atom. The molecule has 0 radical (unpaired) electrons. The first-order chi connectivity index (χ1) is 11.7. The second-order valence-electron chi connectivity index (χ2n) is 8.13. The highest BCUT2D eigenvalue weighted by Gasteiger charge is 2.41. The van der Waals surface area contributed by atoms with Crippen molar-refractivity contribution in [2.24, 2.45) is 10.4 Å². The molecule has 1 N–H and O–H groups in total. The second-order valence-corrected chi connectivity index (χ2v) is 8.13. The van der Waals surface area contributed by atoms with Crippen molar-refractivity contribution in [2.75, 3.05) is 59.4 Å². The van der Waals surface area contributed by atoms with E-state index in [9.17, 15) is 0 Å². The molecule has 5 heteroatoms. The minimum absolute atomic E-state index is 0.573. The summed E-state index contributed by atoms with van der Waals surface area (Å²) in [7, 11) is 1.94. The van der Waals surface area contributed by atoms with Crippen LogP contribution in [0.3, 0.4) is 0 Å². The number of nitrogens with zero attached hydrogens (tertiary/aromatic N) is 4. The van der Waals surface area contributed by atoms with Gasteiger partial charge in [0, 0.05) is 58.9 Å². The van der Waals surface area contributed by atoms with Gasteiger partial charge in [0.25, 0.3) is 0 Å². The molecular weight excluding hydrogens is 298 g/mol. The minimum Gasteiger partial charge on any atom is -0.355 e. The molecule has 0 aromatic rings. The lowest BCUT2D eigenvalue weighted by atomic mass is 9.86. The number of nitrogens with one attached hydrogen (secondary N) is 1. The maximum atomic E-state index is 4.57. The number of likely N-dealkylation sites (N-methyl/N-ethyl adjacent to an activating group) is 1. The van der Waals surface area contributed by atoms with Crippen molar-refractivity contribution < 1.29 is 0 Å². The molecule has 1 aliphatic carbocycles. The molecule has 5 nitrogen and oxygen atoms in total. The minimum atomic E-state index is 0.573. The summed E-state index contributed by atoms with van der Waals surface area (Å²) >= 11 is 0. The number of piperazine rings is 1. The molecule has 1 unspecified atom stereocenters. The van der Waals surface area contributed by atoms with Crippen molar-refractivity contribution in [1.29, 1.82) is 0 Å². The highest BCUT2D eigenvalue weighted by atomic mass is 15.3. The first-order valence-electron chi connectivity index (χ1n) is 10.1. The van der Waals surface area contributed by atoms with Crippen LogP contribution >= 0.6 is 0 Å². The highest BCUT2D eigenvalue weighted by molar-refractivity contribution is 5.80. The molecule has 2 heterocycles. The van der Waals surface area contributed by atoms with E-state index in [2.05, 4.69) is 38.9 Å². The average molecular weight is 336 g/mol. The van der Waals surface area contributed by atoms with Crippen molar-refractivity contribution >= 4 is 5.96 Å². The Kier molecular flexibility index (Phi) is 6.03. The van der Waals surface area contributed by atoms with Crippen molar-refractivity contribution in [3.8, 4) is 0 Å². The first-order valence-corrected chi connectivity index (χ1v) is 10.1. The van der Waals surface area contributed by atoms with Gasteiger partial charge in [0.2, 0.25) is 0 Å². The molecule has 3 fully saturated rings. The number of hydrogen-bond donors (Lipinski definition) is 1. The summed E-state index contributed by atoms with van der Waals surface area (Å²) in [6.07, 6.45) is 7.08. The van der Waals surface area contributed by atoms with Crippen molar-refractivity contribution in [3.63, 3.8) is 0 Å². The van der Waals surface area contributed by atoms with Crippen LogP contribution in [-0.2, 0) is 0 Å². The van der Waals surface area contributed by atoms with Crippen LogP contribution in [0, 0.1) is 5.41 Å². The molecule has 0 bridgehead atoms. The fourth-order valence-corrected chi connectivity index (χ4v) is 4.87. The molecule has 3 aliphatic rings. The van der Waals surface area contributed by atoms with Gasteiger partial charge in [0.1, 0.15) is 0 Å². The molecule has 0 aromatic carbocycles. The zero-order chi connectivity index (χ0) is 17.0. The largest absolute Gasteiger partial charge is 0.355 e. The van der Waals surface area contributed by atoms with Gasteiger partial charge in [0.05, 0.1) is 0 Å². The van der Waals surface area contributed by atoms with Gasteiger partial charge in [-0.25, -0.2) is 0 Å². The Hall–Kier alpha value is -0.810. The second kappa shape index (κ2) is 8.05. The third-order valence-corrected chi connectivity index (χ3v) is 6.65. The maximum absolute atomic E-state index is 4.57. The number of aliphatic imine (C=N–C) groups is 1. The summed E-state index contributed by atoms with van der Waals surface area (Å²) in [5.74, 6) is 1.12. The molecule has 0 aromatic heterocycles. The van der Waals surface area contributed by atoms with E-state index in [4.69, 9.17) is 0 Å². The lowest BCUT2D eigenvalue weighted by Crippen LogP contribution is -2.53. The van der Waals surface area contributed by atoms with Crippen molar-refractivity contribution in [1.82, 2.24) is 20.0 Å². The Labute approximate surface area is 148 Å². The van der Waals surface area contributed by atoms with Crippen LogP contribution in [0.4, 0.5) is 0 Å². The van der Waals surface area contributed by atoms with E-state index in [0.717, 1.165) is 12.5 Å². The van der Waals surface area contributed by atoms with Gasteiger partial charge >= 0.3 is 0 Å². The Bertz CT molecular complexity index is 421. The van der Waals surface area contributed by atoms with E-state index in [-0.39, 0.29) is 0 Å². The van der Waals surface area contributed by atoms with Gasteiger partial charge in [-0.3, -0.25) is 9.89 Å². The zero-order valence-electron chi connectivity index (χ0n) is 16.1. The van der Waals surface area contributed by atoms with E-state index in [0.29, 0.717) is 11.5 Å². The molecular formula is C19H37N5. The standard InChI is InChI=1S/C19H37N5/c1-4-22-11-13-23(14-12-22)17(2)15-21-18(20-3)24-10-9-19(16-24)7-5-6-8-19/h17H,4-16H2,1-3H3,(H,20,21). The molecule has 138 valence electrons. The summed E-state index contributed by atoms with van der Waals surface area (Å²) in [5.41, 5.74) is 0.611. The number of likely N-dealkylation sites (tertiary alicyclic amines) is 1. The molecule has 24 heavy (non-hydrogen) atoms. The van der Waals surface area contributed by atoms with Crippen LogP contribution in [0.1, 0.15) is 46.0 Å². The third kappa shape index (κ3) is 4.05. The quantitative estimate of drug-likeness (QED) is 0.628. The average Bonchev–Trinajstić information content (AvgIpc) is 3.26. The van der Waals surface area contributed by atoms with Gasteiger partial charge in [-0.15, -0.1) is 0 Å². The summed E-state index contributed by atoms with van der Waals surface area (Å²) in [4.78, 5) is 12.2. The molecule has 1 spiro atoms. The predicted molar refractivity (Wildman–Crippen MR) is 102 cm³/mol. The van der Waals surface area contributed by atoms with Gasteiger partial charge in [-0.2, -0.15) is 0 Å². The van der Waals surface area contributed by atoms with Crippen LogP contribution in [0.15, 0.2) is 4.99 Å². The van der Waals surface area contributed by atoms with E-state index in [1.165, 1.54) is 77.9 Å². The normalized spacial score (nSPS) is 27.1. The number of rotatable bonds is 4. The lowest BCUT2D eigenvalue weighted by molar-refractivity contribution is 0.107. The zero-order valence-corrected chi connectivity index (χ0v) is 16.1. The van der Waals surface area contributed by atoms with Gasteiger partial charge in [-0.05, 0) is 38.1 Å². The Morgan fingerprint density at radius 3 is 2.42 bits per heavy atom. The van der Waals surface area contributed by atoms with Crippen molar-refractivity contribution in [3.05, 3.63) is 0 Å². The van der Waals surface area contributed by atoms with Gasteiger partial charge in [-0.1, -0.05) is 19.8 Å². The lowest BCUT2D eigenvalue weighted by Gasteiger charge is -2.38. The predicted octanol–water partition coefficient (Wildman–Crippen LogP) is 1.85. The molecule has 1 atom stereocenters. The van der Waals surface area contributed by atoms with Crippen LogP contribution in [0.2, 0.25) is 0 Å². The fraction of sp³-hybridized carbons (Fsp3) is 0.947. The molecule has 2 aliphatic heterocycles. The summed E-state index contributed by atoms with van der Waals surface area (Å²) in [6.45, 7) is 14.0. The summed E-state index contributed by atoms with van der Waals surface area (Å²) < 4.78 is 0. The molecule has 1 saturated carbocycles. The summed E-state index contributed by atoms with van der Waals surface area (Å²) in [5, 5.41) is 3.66. The third-order valence-electron chi connectivity index (χ3n) is 6.65. The monoisotopic (exact) mass is 335 g/mol. The van der Waals surface area contributed by atoms with Crippen LogP contribution in [0.25, 0.3) is 0 Å². The van der Waals surface area contributed by atoms with Crippen molar-refractivity contribution in [2.45, 2.75) is 52.0 Å². The highest BCUT2D eigenvalue weighted by Crippen LogP contribution is 2.45. The van der Waals surface area contributed by atoms with Crippen LogP contribution in [-0.4, -0.2) is 86.1 Å². The van der Waals surface area contributed by atoms with E-state index < -0.39 is 0 Å². The topological polar surface area (TPSA) is 34.1 Å². The van der Waals surface area contributed by atoms with Crippen LogP contribution in [0.5, 0.6) is 0 Å². The van der Waals surface area contributed by atoms with E-state index in [1.807, 2.05) is 7.05 Å². The van der Waals surface area contributed by atoms with Crippen LogP contribution < -0.4 is 5.32 Å². The molecule has 2 saturated heterocycles. The van der Waals surface area contributed by atoms with Gasteiger partial charge in [0.15, 0.2) is 5.96 Å². The maximum Gasteiger partial charge on any atom is 0.193 e. The number of hydrogen-bond acceptors (Lipinski definition) is 3. The van der Waals surface area contributed by atoms with Gasteiger partial charge < -0.3 is 15.1 Å². The Morgan fingerprint density at radius 2 is 1.79 bits per heavy atom. The number of guanidine groups is 1.